The quantitative estimate of drug-likeness (QED) is 0.865. The van der Waals surface area contributed by atoms with Gasteiger partial charge in [0.05, 0.1) is 12.6 Å². The van der Waals surface area contributed by atoms with Crippen molar-refractivity contribution in [3.05, 3.63) is 34.5 Å². The van der Waals surface area contributed by atoms with Gasteiger partial charge in [0.1, 0.15) is 11.3 Å². The van der Waals surface area contributed by atoms with Crippen molar-refractivity contribution in [1.82, 2.24) is 0 Å². The van der Waals surface area contributed by atoms with Gasteiger partial charge < -0.3 is 15.3 Å². The molecule has 0 spiro atoms. The van der Waals surface area contributed by atoms with Crippen LogP contribution in [0.15, 0.2) is 33.2 Å². The summed E-state index contributed by atoms with van der Waals surface area (Å²) >= 11 is 3.36. The van der Waals surface area contributed by atoms with Gasteiger partial charge in [0.25, 0.3) is 0 Å². The molecule has 2 rings (SSSR count). The Bertz CT molecular complexity index is 452. The number of fused-ring (bicyclic) bond motifs is 1. The minimum Gasteiger partial charge on any atom is -0.459 e. The predicted octanol–water partition coefficient (Wildman–Crippen LogP) is 2.19. The van der Waals surface area contributed by atoms with Gasteiger partial charge in [-0.15, -0.1) is 0 Å². The topological polar surface area (TPSA) is 59.4 Å². The van der Waals surface area contributed by atoms with Gasteiger partial charge >= 0.3 is 0 Å². The van der Waals surface area contributed by atoms with E-state index in [0.717, 1.165) is 15.4 Å². The standard InChI is InChI=1S/C10H10BrNO2/c11-7-2-1-6-3-10(8(12)5-13)14-9(6)4-7/h1-4,8,13H,5,12H2. The molecule has 1 heterocycles. The summed E-state index contributed by atoms with van der Waals surface area (Å²) in [5, 5.41) is 9.87. The van der Waals surface area contributed by atoms with Crippen LogP contribution in [0.5, 0.6) is 0 Å². The highest BCUT2D eigenvalue weighted by atomic mass is 79.9. The van der Waals surface area contributed by atoms with Gasteiger partial charge in [0, 0.05) is 9.86 Å². The van der Waals surface area contributed by atoms with Crippen LogP contribution in [-0.4, -0.2) is 11.7 Å². The van der Waals surface area contributed by atoms with Crippen molar-refractivity contribution in [3.63, 3.8) is 0 Å². The van der Waals surface area contributed by atoms with Crippen molar-refractivity contribution in [2.45, 2.75) is 6.04 Å². The zero-order chi connectivity index (χ0) is 10.1. The molecule has 1 atom stereocenters. The molecule has 0 aliphatic rings. The lowest BCUT2D eigenvalue weighted by Crippen LogP contribution is -2.13. The van der Waals surface area contributed by atoms with E-state index in [1.54, 1.807) is 0 Å². The lowest BCUT2D eigenvalue weighted by molar-refractivity contribution is 0.254. The number of rotatable bonds is 2. The fourth-order valence-corrected chi connectivity index (χ4v) is 1.64. The van der Waals surface area contributed by atoms with E-state index in [9.17, 15) is 0 Å². The normalized spacial score (nSPS) is 13.4. The summed E-state index contributed by atoms with van der Waals surface area (Å²) in [5.41, 5.74) is 6.42. The van der Waals surface area contributed by atoms with Crippen molar-refractivity contribution < 1.29 is 9.52 Å². The molecule has 0 fully saturated rings. The summed E-state index contributed by atoms with van der Waals surface area (Å²) in [7, 11) is 0. The van der Waals surface area contributed by atoms with Crippen molar-refractivity contribution in [1.29, 1.82) is 0 Å². The number of hydrogen-bond acceptors (Lipinski definition) is 3. The lowest BCUT2D eigenvalue weighted by atomic mass is 10.2. The van der Waals surface area contributed by atoms with Crippen LogP contribution < -0.4 is 5.73 Å². The summed E-state index contributed by atoms with van der Waals surface area (Å²) in [6.07, 6.45) is 0. The maximum atomic E-state index is 8.87. The van der Waals surface area contributed by atoms with Crippen LogP contribution in [0.25, 0.3) is 11.0 Å². The van der Waals surface area contributed by atoms with Gasteiger partial charge in [0.2, 0.25) is 0 Å². The Morgan fingerprint density at radius 2 is 2.21 bits per heavy atom. The average molecular weight is 256 g/mol. The van der Waals surface area contributed by atoms with Crippen molar-refractivity contribution in [2.24, 2.45) is 5.73 Å². The number of benzene rings is 1. The molecule has 4 heteroatoms. The molecule has 1 aromatic heterocycles. The fourth-order valence-electron chi connectivity index (χ4n) is 1.30. The summed E-state index contributed by atoms with van der Waals surface area (Å²) in [4.78, 5) is 0. The number of aliphatic hydroxyl groups excluding tert-OH is 1. The number of hydrogen-bond donors (Lipinski definition) is 2. The SMILES string of the molecule is NC(CO)c1cc2ccc(Br)cc2o1. The van der Waals surface area contributed by atoms with Crippen LogP contribution in [0, 0.1) is 0 Å². The Morgan fingerprint density at radius 3 is 2.93 bits per heavy atom. The van der Waals surface area contributed by atoms with Crippen LogP contribution in [-0.2, 0) is 0 Å². The van der Waals surface area contributed by atoms with Crippen LogP contribution >= 0.6 is 15.9 Å². The molecule has 14 heavy (non-hydrogen) atoms. The largest absolute Gasteiger partial charge is 0.459 e. The third-order valence-electron chi connectivity index (χ3n) is 2.06. The predicted molar refractivity (Wildman–Crippen MR) is 57.9 cm³/mol. The highest BCUT2D eigenvalue weighted by Crippen LogP contribution is 2.25. The van der Waals surface area contributed by atoms with E-state index in [-0.39, 0.29) is 6.61 Å². The van der Waals surface area contributed by atoms with Crippen molar-refractivity contribution in [3.8, 4) is 0 Å². The number of halogens is 1. The van der Waals surface area contributed by atoms with Gasteiger partial charge in [-0.05, 0) is 24.3 Å². The molecule has 0 aliphatic heterocycles. The Morgan fingerprint density at radius 1 is 1.43 bits per heavy atom. The van der Waals surface area contributed by atoms with Gasteiger partial charge in [-0.2, -0.15) is 0 Å². The first kappa shape index (κ1) is 9.71. The molecule has 0 saturated carbocycles. The summed E-state index contributed by atoms with van der Waals surface area (Å²) < 4.78 is 6.45. The first-order valence-corrected chi connectivity index (χ1v) is 5.05. The summed E-state index contributed by atoms with van der Waals surface area (Å²) in [6.45, 7) is -0.110. The fraction of sp³-hybridized carbons (Fsp3) is 0.200. The zero-order valence-electron chi connectivity index (χ0n) is 7.40. The minimum absolute atomic E-state index is 0.110. The Labute approximate surface area is 89.6 Å². The molecule has 74 valence electrons. The van der Waals surface area contributed by atoms with E-state index in [1.807, 2.05) is 24.3 Å². The molecule has 3 nitrogen and oxygen atoms in total. The number of aliphatic hydroxyl groups is 1. The Balaban J connectivity index is 2.51. The van der Waals surface area contributed by atoms with E-state index in [1.165, 1.54) is 0 Å². The zero-order valence-corrected chi connectivity index (χ0v) is 8.99. The Kier molecular flexibility index (Phi) is 2.58. The molecule has 1 aromatic carbocycles. The summed E-state index contributed by atoms with van der Waals surface area (Å²) in [5.74, 6) is 0.612. The highest BCUT2D eigenvalue weighted by molar-refractivity contribution is 9.10. The molecule has 3 N–H and O–H groups in total. The third-order valence-corrected chi connectivity index (χ3v) is 2.56. The smallest absolute Gasteiger partial charge is 0.135 e. The van der Waals surface area contributed by atoms with Crippen molar-refractivity contribution >= 4 is 26.9 Å². The first-order valence-electron chi connectivity index (χ1n) is 4.26. The molecular formula is C10H10BrNO2. The molecule has 0 saturated heterocycles. The van der Waals surface area contributed by atoms with Gasteiger partial charge in [-0.1, -0.05) is 15.9 Å². The Hall–Kier alpha value is -0.840. The average Bonchev–Trinajstić information content (AvgIpc) is 2.59. The van der Waals surface area contributed by atoms with Gasteiger partial charge in [-0.3, -0.25) is 0 Å². The second-order valence-corrected chi connectivity index (χ2v) is 4.04. The van der Waals surface area contributed by atoms with Crippen molar-refractivity contribution in [2.75, 3.05) is 6.61 Å². The van der Waals surface area contributed by atoms with Crippen LogP contribution in [0.1, 0.15) is 11.8 Å². The lowest BCUT2D eigenvalue weighted by Gasteiger charge is -2.01. The number of nitrogens with two attached hydrogens (primary N) is 1. The van der Waals surface area contributed by atoms with E-state index in [0.29, 0.717) is 5.76 Å². The monoisotopic (exact) mass is 255 g/mol. The van der Waals surface area contributed by atoms with Crippen LogP contribution in [0.2, 0.25) is 0 Å². The first-order chi connectivity index (χ1) is 6.70. The minimum atomic E-state index is -0.443. The molecule has 0 amide bonds. The van der Waals surface area contributed by atoms with Gasteiger partial charge in [-0.25, -0.2) is 0 Å². The van der Waals surface area contributed by atoms with E-state index >= 15 is 0 Å². The third kappa shape index (κ3) is 1.68. The maximum absolute atomic E-state index is 8.87. The molecule has 1 unspecified atom stereocenters. The molecule has 0 radical (unpaired) electrons. The van der Waals surface area contributed by atoms with Gasteiger partial charge in [0.15, 0.2) is 0 Å². The summed E-state index contributed by atoms with van der Waals surface area (Å²) in [6, 6.07) is 7.16. The maximum Gasteiger partial charge on any atom is 0.135 e. The number of furan rings is 1. The van der Waals surface area contributed by atoms with E-state index in [4.69, 9.17) is 15.3 Å². The highest BCUT2D eigenvalue weighted by Gasteiger charge is 2.10. The molecule has 2 aromatic rings. The second kappa shape index (κ2) is 3.73. The van der Waals surface area contributed by atoms with E-state index in [2.05, 4.69) is 15.9 Å². The molecule has 0 bridgehead atoms. The van der Waals surface area contributed by atoms with E-state index < -0.39 is 6.04 Å². The van der Waals surface area contributed by atoms with Crippen LogP contribution in [0.3, 0.4) is 0 Å². The molecule has 0 aliphatic carbocycles. The second-order valence-electron chi connectivity index (χ2n) is 3.12. The molecular weight excluding hydrogens is 246 g/mol. The van der Waals surface area contributed by atoms with Crippen LogP contribution in [0.4, 0.5) is 0 Å².